The van der Waals surface area contributed by atoms with Crippen LogP contribution in [0.2, 0.25) is 0 Å². The van der Waals surface area contributed by atoms with Crippen LogP contribution in [0.15, 0.2) is 24.6 Å². The molecule has 1 radical (unpaired) electrons. The van der Waals surface area contributed by atoms with E-state index in [0.29, 0.717) is 0 Å². The number of hydrogen-bond donors (Lipinski definition) is 0. The molecule has 0 aliphatic rings. The largest absolute Gasteiger partial charge is 0.504 e. The molecule has 1 aromatic heterocycles. The van der Waals surface area contributed by atoms with E-state index in [1.807, 2.05) is 12.1 Å². The van der Waals surface area contributed by atoms with Gasteiger partial charge in [-0.25, -0.2) is 0 Å². The summed E-state index contributed by atoms with van der Waals surface area (Å²) in [5.74, 6) is 0. The number of methoxy groups -OCH3 is 1. The van der Waals surface area contributed by atoms with Gasteiger partial charge in [-0.1, -0.05) is 6.07 Å². The van der Waals surface area contributed by atoms with Gasteiger partial charge in [0.2, 0.25) is 0 Å². The summed E-state index contributed by atoms with van der Waals surface area (Å²) in [6, 6.07) is 3.76. The second-order valence-electron chi connectivity index (χ2n) is 1.74. The van der Waals surface area contributed by atoms with Crippen LogP contribution in [0.1, 0.15) is 5.56 Å². The third-order valence-electron chi connectivity index (χ3n) is 1.01. The van der Waals surface area contributed by atoms with Crippen molar-refractivity contribution >= 4 is 6.08 Å². The average molecular weight is 134 g/mol. The van der Waals surface area contributed by atoms with Crippen LogP contribution in [0, 0.1) is 6.20 Å². The molecule has 0 N–H and O–H groups in total. The van der Waals surface area contributed by atoms with Crippen molar-refractivity contribution in [3.63, 3.8) is 0 Å². The van der Waals surface area contributed by atoms with Crippen LogP contribution in [0.4, 0.5) is 0 Å². The molecule has 0 aromatic carbocycles. The van der Waals surface area contributed by atoms with Crippen LogP contribution in [-0.2, 0) is 4.74 Å². The summed E-state index contributed by atoms with van der Waals surface area (Å²) in [5, 5.41) is 0. The van der Waals surface area contributed by atoms with Gasteiger partial charge in [0.05, 0.1) is 19.6 Å². The normalized spacial score (nSPS) is 10.1. The van der Waals surface area contributed by atoms with E-state index in [1.54, 1.807) is 25.6 Å². The zero-order valence-electron chi connectivity index (χ0n) is 5.74. The standard InChI is InChI=1S/C8H8NO/c1-10-6-4-8-3-2-5-9-7-8/h2-6H,1H3. The van der Waals surface area contributed by atoms with Gasteiger partial charge in [-0.15, -0.1) is 0 Å². The van der Waals surface area contributed by atoms with Crippen LogP contribution in [0.5, 0.6) is 0 Å². The zero-order chi connectivity index (χ0) is 7.23. The van der Waals surface area contributed by atoms with Gasteiger partial charge in [0.15, 0.2) is 0 Å². The quantitative estimate of drug-likeness (QED) is 0.572. The van der Waals surface area contributed by atoms with Gasteiger partial charge in [-0.3, -0.25) is 4.98 Å². The smallest absolute Gasteiger partial charge is 0.0965 e. The minimum Gasteiger partial charge on any atom is -0.504 e. The molecular formula is C8H8NO. The van der Waals surface area contributed by atoms with Gasteiger partial charge in [0.25, 0.3) is 0 Å². The minimum absolute atomic E-state index is 0.921. The molecule has 1 rings (SSSR count). The molecule has 0 spiro atoms. The van der Waals surface area contributed by atoms with Crippen LogP contribution in [0.3, 0.4) is 0 Å². The first kappa shape index (κ1) is 6.81. The predicted molar refractivity (Wildman–Crippen MR) is 39.1 cm³/mol. The maximum absolute atomic E-state index is 4.72. The molecule has 0 amide bonds. The van der Waals surface area contributed by atoms with Gasteiger partial charge in [-0.05, 0) is 12.1 Å². The van der Waals surface area contributed by atoms with Crippen molar-refractivity contribution in [1.29, 1.82) is 0 Å². The fourth-order valence-electron chi connectivity index (χ4n) is 0.573. The summed E-state index contributed by atoms with van der Waals surface area (Å²) in [5.41, 5.74) is 0.921. The fraction of sp³-hybridized carbons (Fsp3) is 0.125. The number of hydrogen-bond acceptors (Lipinski definition) is 2. The van der Waals surface area contributed by atoms with Gasteiger partial charge >= 0.3 is 0 Å². The maximum atomic E-state index is 4.72. The summed E-state index contributed by atoms with van der Waals surface area (Å²) in [7, 11) is 1.60. The third-order valence-corrected chi connectivity index (χ3v) is 1.01. The monoisotopic (exact) mass is 134 g/mol. The Labute approximate surface area is 60.2 Å². The van der Waals surface area contributed by atoms with E-state index in [2.05, 4.69) is 11.2 Å². The third kappa shape index (κ3) is 1.90. The zero-order valence-corrected chi connectivity index (χ0v) is 5.74. The van der Waals surface area contributed by atoms with E-state index in [0.717, 1.165) is 5.56 Å². The Balaban J connectivity index is 2.67. The molecule has 1 heterocycles. The highest BCUT2D eigenvalue weighted by atomic mass is 16.5. The molecule has 0 atom stereocenters. The summed E-state index contributed by atoms with van der Waals surface area (Å²) < 4.78 is 4.72. The Morgan fingerprint density at radius 1 is 1.70 bits per heavy atom. The lowest BCUT2D eigenvalue weighted by Gasteiger charge is -1.88. The van der Waals surface area contributed by atoms with Crippen LogP contribution in [-0.4, -0.2) is 12.1 Å². The van der Waals surface area contributed by atoms with E-state index >= 15 is 0 Å². The summed E-state index contributed by atoms with van der Waals surface area (Å²) in [6.45, 7) is 0. The number of pyridine rings is 1. The first-order valence-corrected chi connectivity index (χ1v) is 2.95. The van der Waals surface area contributed by atoms with Gasteiger partial charge < -0.3 is 4.74 Å². The molecule has 0 saturated carbocycles. The van der Waals surface area contributed by atoms with Crippen molar-refractivity contribution in [1.82, 2.24) is 4.98 Å². The Kier molecular flexibility index (Phi) is 2.49. The Morgan fingerprint density at radius 2 is 2.60 bits per heavy atom. The molecule has 0 aliphatic heterocycles. The molecule has 0 fully saturated rings. The van der Waals surface area contributed by atoms with Crippen LogP contribution in [0.25, 0.3) is 6.08 Å². The van der Waals surface area contributed by atoms with Gasteiger partial charge in [0.1, 0.15) is 0 Å². The molecule has 0 aliphatic carbocycles. The SMILES string of the molecule is COC=Cc1[c]nccc1. The highest BCUT2D eigenvalue weighted by Crippen LogP contribution is 1.96. The summed E-state index contributed by atoms with van der Waals surface area (Å²) in [4.78, 5) is 3.81. The molecular weight excluding hydrogens is 126 g/mol. The molecule has 0 saturated heterocycles. The fourth-order valence-corrected chi connectivity index (χ4v) is 0.573. The highest BCUT2D eigenvalue weighted by molar-refractivity contribution is 5.45. The molecule has 1 aromatic rings. The Morgan fingerprint density at radius 3 is 3.20 bits per heavy atom. The number of ether oxygens (including phenoxy) is 1. The van der Waals surface area contributed by atoms with Crippen LogP contribution < -0.4 is 0 Å². The number of rotatable bonds is 2. The first-order valence-electron chi connectivity index (χ1n) is 2.95. The van der Waals surface area contributed by atoms with Crippen molar-refractivity contribution in [2.45, 2.75) is 0 Å². The van der Waals surface area contributed by atoms with E-state index in [-0.39, 0.29) is 0 Å². The molecule has 51 valence electrons. The predicted octanol–water partition coefficient (Wildman–Crippen LogP) is 1.50. The topological polar surface area (TPSA) is 22.1 Å². The Hall–Kier alpha value is -1.31. The molecule has 2 heteroatoms. The van der Waals surface area contributed by atoms with E-state index < -0.39 is 0 Å². The second-order valence-corrected chi connectivity index (χ2v) is 1.74. The summed E-state index contributed by atoms with van der Waals surface area (Å²) in [6.07, 6.45) is 7.86. The van der Waals surface area contributed by atoms with Crippen molar-refractivity contribution in [2.75, 3.05) is 7.11 Å². The van der Waals surface area contributed by atoms with Crippen molar-refractivity contribution in [3.05, 3.63) is 36.4 Å². The molecule has 10 heavy (non-hydrogen) atoms. The lowest BCUT2D eigenvalue weighted by atomic mass is 10.3. The molecule has 0 unspecified atom stereocenters. The van der Waals surface area contributed by atoms with Crippen molar-refractivity contribution in [3.8, 4) is 0 Å². The lowest BCUT2D eigenvalue weighted by molar-refractivity contribution is 0.341. The maximum Gasteiger partial charge on any atom is 0.0965 e. The van der Waals surface area contributed by atoms with Gasteiger partial charge in [0, 0.05) is 11.8 Å². The first-order chi connectivity index (χ1) is 4.93. The number of nitrogens with zero attached hydrogens (tertiary/aromatic N) is 1. The minimum atomic E-state index is 0.921. The average Bonchev–Trinajstić information content (AvgIpc) is 2.03. The highest BCUT2D eigenvalue weighted by Gasteiger charge is 1.81. The Bertz CT molecular complexity index is 206. The van der Waals surface area contributed by atoms with E-state index in [9.17, 15) is 0 Å². The molecule has 0 bridgehead atoms. The van der Waals surface area contributed by atoms with Gasteiger partial charge in [-0.2, -0.15) is 0 Å². The lowest BCUT2D eigenvalue weighted by Crippen LogP contribution is -1.74. The van der Waals surface area contributed by atoms with E-state index in [4.69, 9.17) is 4.74 Å². The number of aromatic nitrogens is 1. The molecule has 2 nitrogen and oxygen atoms in total. The van der Waals surface area contributed by atoms with Crippen molar-refractivity contribution < 1.29 is 4.74 Å². The summed E-state index contributed by atoms with van der Waals surface area (Å²) >= 11 is 0. The van der Waals surface area contributed by atoms with E-state index in [1.165, 1.54) is 0 Å². The van der Waals surface area contributed by atoms with Crippen molar-refractivity contribution in [2.24, 2.45) is 0 Å². The van der Waals surface area contributed by atoms with Crippen LogP contribution >= 0.6 is 0 Å². The second kappa shape index (κ2) is 3.67.